The van der Waals surface area contributed by atoms with Gasteiger partial charge in [-0.1, -0.05) is 25.1 Å². The van der Waals surface area contributed by atoms with Gasteiger partial charge in [0.15, 0.2) is 0 Å². The van der Waals surface area contributed by atoms with Gasteiger partial charge in [-0.25, -0.2) is 8.42 Å². The van der Waals surface area contributed by atoms with E-state index < -0.39 is 15.9 Å². The number of sulfone groups is 1. The second kappa shape index (κ2) is 6.75. The van der Waals surface area contributed by atoms with E-state index in [4.69, 9.17) is 4.74 Å². The van der Waals surface area contributed by atoms with Gasteiger partial charge in [0.1, 0.15) is 15.6 Å². The number of para-hydroxylation sites is 1. The molecule has 1 rings (SSSR count). The standard InChI is InChI=1S/C13H20O4S/c1-3-18(15,16)10-6-9-17-13-8-5-4-7-12(13)11(2)14/h4-5,7-8,11,14H,3,6,9-10H2,1-2H3. The van der Waals surface area contributed by atoms with E-state index in [1.54, 1.807) is 26.0 Å². The van der Waals surface area contributed by atoms with E-state index in [1.165, 1.54) is 0 Å². The number of benzene rings is 1. The van der Waals surface area contributed by atoms with Crippen LogP contribution in [0.2, 0.25) is 0 Å². The fourth-order valence-electron chi connectivity index (χ4n) is 1.56. The van der Waals surface area contributed by atoms with E-state index in [2.05, 4.69) is 0 Å². The lowest BCUT2D eigenvalue weighted by molar-refractivity contribution is 0.191. The first-order valence-electron chi connectivity index (χ1n) is 6.06. The lowest BCUT2D eigenvalue weighted by Gasteiger charge is -2.13. The first-order chi connectivity index (χ1) is 8.46. The van der Waals surface area contributed by atoms with Crippen molar-refractivity contribution in [3.05, 3.63) is 29.8 Å². The third kappa shape index (κ3) is 4.66. The Bertz CT molecular complexity index is 466. The number of hydrogen-bond acceptors (Lipinski definition) is 4. The van der Waals surface area contributed by atoms with Crippen molar-refractivity contribution in [2.75, 3.05) is 18.1 Å². The van der Waals surface area contributed by atoms with Crippen molar-refractivity contribution in [2.45, 2.75) is 26.4 Å². The van der Waals surface area contributed by atoms with E-state index in [-0.39, 0.29) is 11.5 Å². The Hall–Kier alpha value is -1.07. The average Bonchev–Trinajstić information content (AvgIpc) is 2.35. The summed E-state index contributed by atoms with van der Waals surface area (Å²) >= 11 is 0. The van der Waals surface area contributed by atoms with Crippen molar-refractivity contribution < 1.29 is 18.3 Å². The highest BCUT2D eigenvalue weighted by Gasteiger charge is 2.09. The van der Waals surface area contributed by atoms with Gasteiger partial charge in [0, 0.05) is 11.3 Å². The molecular formula is C13H20O4S. The zero-order chi connectivity index (χ0) is 13.6. The van der Waals surface area contributed by atoms with Crippen LogP contribution in [0.3, 0.4) is 0 Å². The molecule has 4 nitrogen and oxygen atoms in total. The molecule has 0 spiro atoms. The first kappa shape index (κ1) is 15.0. The fourth-order valence-corrected chi connectivity index (χ4v) is 2.41. The molecule has 1 atom stereocenters. The Morgan fingerprint density at radius 3 is 2.61 bits per heavy atom. The summed E-state index contributed by atoms with van der Waals surface area (Å²) in [5.41, 5.74) is 0.718. The molecule has 5 heteroatoms. The predicted octanol–water partition coefficient (Wildman–Crippen LogP) is 1.94. The molecule has 0 bridgehead atoms. The van der Waals surface area contributed by atoms with Crippen molar-refractivity contribution in [1.82, 2.24) is 0 Å². The fraction of sp³-hybridized carbons (Fsp3) is 0.538. The lowest BCUT2D eigenvalue weighted by Crippen LogP contribution is -2.12. The van der Waals surface area contributed by atoms with Gasteiger partial charge in [-0.15, -0.1) is 0 Å². The van der Waals surface area contributed by atoms with E-state index in [1.807, 2.05) is 12.1 Å². The largest absolute Gasteiger partial charge is 0.493 e. The molecule has 0 aliphatic heterocycles. The van der Waals surface area contributed by atoms with Crippen molar-refractivity contribution in [1.29, 1.82) is 0 Å². The van der Waals surface area contributed by atoms with Crippen LogP contribution in [0.1, 0.15) is 31.9 Å². The molecule has 1 N–H and O–H groups in total. The Balaban J connectivity index is 2.50. The number of aliphatic hydroxyl groups excluding tert-OH is 1. The second-order valence-electron chi connectivity index (χ2n) is 4.15. The molecule has 0 aliphatic rings. The Labute approximate surface area is 109 Å². The lowest BCUT2D eigenvalue weighted by atomic mass is 10.1. The predicted molar refractivity (Wildman–Crippen MR) is 71.5 cm³/mol. The van der Waals surface area contributed by atoms with Gasteiger partial charge in [0.05, 0.1) is 18.5 Å². The molecule has 1 unspecified atom stereocenters. The minimum Gasteiger partial charge on any atom is -0.493 e. The van der Waals surface area contributed by atoms with Gasteiger partial charge in [0.2, 0.25) is 0 Å². The van der Waals surface area contributed by atoms with Gasteiger partial charge in [-0.3, -0.25) is 0 Å². The molecule has 102 valence electrons. The molecule has 0 aromatic heterocycles. The van der Waals surface area contributed by atoms with Gasteiger partial charge in [0.25, 0.3) is 0 Å². The molecular weight excluding hydrogens is 252 g/mol. The third-order valence-electron chi connectivity index (χ3n) is 2.67. The minimum absolute atomic E-state index is 0.139. The van der Waals surface area contributed by atoms with Crippen LogP contribution in [-0.2, 0) is 9.84 Å². The van der Waals surface area contributed by atoms with Crippen LogP contribution in [0.4, 0.5) is 0 Å². The van der Waals surface area contributed by atoms with Crippen LogP contribution in [0, 0.1) is 0 Å². The van der Waals surface area contributed by atoms with E-state index in [9.17, 15) is 13.5 Å². The van der Waals surface area contributed by atoms with E-state index in [0.29, 0.717) is 18.8 Å². The Morgan fingerprint density at radius 1 is 1.33 bits per heavy atom. The number of rotatable bonds is 7. The van der Waals surface area contributed by atoms with Crippen LogP contribution in [0.5, 0.6) is 5.75 Å². The number of aliphatic hydroxyl groups is 1. The molecule has 0 amide bonds. The summed E-state index contributed by atoms with van der Waals surface area (Å²) in [6.45, 7) is 3.64. The van der Waals surface area contributed by atoms with Crippen LogP contribution < -0.4 is 4.74 Å². The normalized spacial score (nSPS) is 13.3. The molecule has 0 fully saturated rings. The molecule has 1 aromatic carbocycles. The number of hydrogen-bond donors (Lipinski definition) is 1. The van der Waals surface area contributed by atoms with E-state index >= 15 is 0 Å². The van der Waals surface area contributed by atoms with Crippen molar-refractivity contribution in [2.24, 2.45) is 0 Å². The minimum atomic E-state index is -2.93. The molecule has 0 saturated heterocycles. The summed E-state index contributed by atoms with van der Waals surface area (Å²) in [7, 11) is -2.93. The SMILES string of the molecule is CCS(=O)(=O)CCCOc1ccccc1C(C)O. The monoisotopic (exact) mass is 272 g/mol. The van der Waals surface area contributed by atoms with Crippen molar-refractivity contribution >= 4 is 9.84 Å². The molecule has 0 saturated carbocycles. The first-order valence-corrected chi connectivity index (χ1v) is 7.88. The molecule has 0 radical (unpaired) electrons. The molecule has 18 heavy (non-hydrogen) atoms. The van der Waals surface area contributed by atoms with Gasteiger partial charge in [-0.05, 0) is 19.4 Å². The van der Waals surface area contributed by atoms with Crippen molar-refractivity contribution in [3.8, 4) is 5.75 Å². The van der Waals surface area contributed by atoms with Gasteiger partial charge >= 0.3 is 0 Å². The number of ether oxygens (including phenoxy) is 1. The quantitative estimate of drug-likeness (QED) is 0.770. The smallest absolute Gasteiger partial charge is 0.150 e. The zero-order valence-corrected chi connectivity index (χ0v) is 11.6. The highest BCUT2D eigenvalue weighted by Crippen LogP contribution is 2.24. The van der Waals surface area contributed by atoms with Gasteiger partial charge < -0.3 is 9.84 Å². The van der Waals surface area contributed by atoms with Crippen LogP contribution in [0.25, 0.3) is 0 Å². The second-order valence-corrected chi connectivity index (χ2v) is 6.62. The maximum atomic E-state index is 11.3. The third-order valence-corrected chi connectivity index (χ3v) is 4.46. The summed E-state index contributed by atoms with van der Waals surface area (Å²) in [5, 5.41) is 9.55. The summed E-state index contributed by atoms with van der Waals surface area (Å²) < 4.78 is 28.1. The van der Waals surface area contributed by atoms with Crippen LogP contribution >= 0.6 is 0 Å². The topological polar surface area (TPSA) is 63.6 Å². The van der Waals surface area contributed by atoms with Crippen molar-refractivity contribution in [3.63, 3.8) is 0 Å². The highest BCUT2D eigenvalue weighted by molar-refractivity contribution is 7.91. The van der Waals surface area contributed by atoms with Crippen LogP contribution in [0.15, 0.2) is 24.3 Å². The summed E-state index contributed by atoms with van der Waals surface area (Å²) in [6.07, 6.45) is -0.134. The average molecular weight is 272 g/mol. The highest BCUT2D eigenvalue weighted by atomic mass is 32.2. The zero-order valence-electron chi connectivity index (χ0n) is 10.8. The van der Waals surface area contributed by atoms with E-state index in [0.717, 1.165) is 5.56 Å². The maximum Gasteiger partial charge on any atom is 0.150 e. The molecule has 0 aliphatic carbocycles. The summed E-state index contributed by atoms with van der Waals surface area (Å²) in [4.78, 5) is 0. The maximum absolute atomic E-state index is 11.3. The van der Waals surface area contributed by atoms with Crippen LogP contribution in [-0.4, -0.2) is 31.6 Å². The van der Waals surface area contributed by atoms with Gasteiger partial charge in [-0.2, -0.15) is 0 Å². The summed E-state index contributed by atoms with van der Waals surface area (Å²) in [5.74, 6) is 0.916. The Morgan fingerprint density at radius 2 is 2.00 bits per heavy atom. The summed E-state index contributed by atoms with van der Waals surface area (Å²) in [6, 6.07) is 7.22. The molecule has 0 heterocycles. The Kier molecular flexibility index (Phi) is 5.62. The molecule has 1 aromatic rings.